The van der Waals surface area contributed by atoms with Gasteiger partial charge in [-0.15, -0.1) is 11.3 Å². The number of carbonyl (C=O) groups excluding carboxylic acids is 2. The van der Waals surface area contributed by atoms with E-state index >= 15 is 0 Å². The van der Waals surface area contributed by atoms with Crippen molar-refractivity contribution >= 4 is 34.5 Å². The van der Waals surface area contributed by atoms with Gasteiger partial charge in [-0.3, -0.25) is 9.59 Å². The minimum Gasteiger partial charge on any atom is -0.326 e. The quantitative estimate of drug-likeness (QED) is 0.788. The fourth-order valence-corrected chi connectivity index (χ4v) is 4.32. The van der Waals surface area contributed by atoms with Crippen LogP contribution in [-0.4, -0.2) is 24.9 Å². The number of piperidine rings is 1. The molecule has 1 atom stereocenters. The van der Waals surface area contributed by atoms with Gasteiger partial charge in [0.05, 0.1) is 4.88 Å². The van der Waals surface area contributed by atoms with Gasteiger partial charge in [-0.2, -0.15) is 0 Å². The van der Waals surface area contributed by atoms with Crippen LogP contribution in [0.25, 0.3) is 0 Å². The number of rotatable bonds is 4. The average molecular weight is 355 g/mol. The summed E-state index contributed by atoms with van der Waals surface area (Å²) in [5.41, 5.74) is 1.63. The summed E-state index contributed by atoms with van der Waals surface area (Å²) >= 11 is 1.40. The van der Waals surface area contributed by atoms with E-state index in [2.05, 4.69) is 16.0 Å². The van der Waals surface area contributed by atoms with Gasteiger partial charge in [0, 0.05) is 17.3 Å². The standard InChI is InChI=1S/C19H21N3O2S/c23-17(15-12-19(15)6-8-20-9-7-19)21-13-3-1-4-14(11-13)22-18(24)16-5-2-10-25-16/h1-5,10-11,15,20H,6-9,12H2,(H,21,23)(H,22,24). The lowest BCUT2D eigenvalue weighted by molar-refractivity contribution is -0.118. The zero-order valence-corrected chi connectivity index (χ0v) is 14.7. The lowest BCUT2D eigenvalue weighted by Gasteiger charge is -2.23. The van der Waals surface area contributed by atoms with Gasteiger partial charge in [0.2, 0.25) is 5.91 Å². The normalized spacial score (nSPS) is 20.9. The molecule has 0 bridgehead atoms. The molecule has 2 aliphatic rings. The van der Waals surface area contributed by atoms with Gasteiger partial charge in [0.25, 0.3) is 5.91 Å². The number of hydrogen-bond acceptors (Lipinski definition) is 4. The van der Waals surface area contributed by atoms with Crippen molar-refractivity contribution in [2.24, 2.45) is 11.3 Å². The zero-order chi connectivity index (χ0) is 17.3. The topological polar surface area (TPSA) is 70.2 Å². The van der Waals surface area contributed by atoms with Crippen LogP contribution in [0.4, 0.5) is 11.4 Å². The number of amides is 2. The Morgan fingerprint density at radius 1 is 1.08 bits per heavy atom. The lowest BCUT2D eigenvalue weighted by Crippen LogP contribution is -2.31. The van der Waals surface area contributed by atoms with Crippen molar-refractivity contribution in [2.45, 2.75) is 19.3 Å². The van der Waals surface area contributed by atoms with Gasteiger partial charge in [-0.1, -0.05) is 12.1 Å². The molecule has 1 spiro atoms. The molecule has 130 valence electrons. The molecule has 2 amide bonds. The van der Waals surface area contributed by atoms with E-state index < -0.39 is 0 Å². The SMILES string of the molecule is O=C(Nc1cccc(NC(=O)C2CC23CCNCC3)c1)c1cccs1. The van der Waals surface area contributed by atoms with E-state index in [1.807, 2.05) is 29.6 Å². The summed E-state index contributed by atoms with van der Waals surface area (Å²) in [6.45, 7) is 2.02. The van der Waals surface area contributed by atoms with Gasteiger partial charge in [0.15, 0.2) is 0 Å². The van der Waals surface area contributed by atoms with Crippen LogP contribution in [0.3, 0.4) is 0 Å². The Morgan fingerprint density at radius 3 is 2.56 bits per heavy atom. The molecule has 6 heteroatoms. The second-order valence-corrected chi connectivity index (χ2v) is 7.82. The Morgan fingerprint density at radius 2 is 1.84 bits per heavy atom. The maximum absolute atomic E-state index is 12.6. The predicted molar refractivity (Wildman–Crippen MR) is 100.0 cm³/mol. The summed E-state index contributed by atoms with van der Waals surface area (Å²) in [4.78, 5) is 25.4. The fourth-order valence-electron chi connectivity index (χ4n) is 3.70. The van der Waals surface area contributed by atoms with Crippen LogP contribution in [0.1, 0.15) is 28.9 Å². The van der Waals surface area contributed by atoms with Gasteiger partial charge in [-0.25, -0.2) is 0 Å². The first-order valence-corrected chi connectivity index (χ1v) is 9.51. The number of nitrogens with one attached hydrogen (secondary N) is 3. The van der Waals surface area contributed by atoms with E-state index in [4.69, 9.17) is 0 Å². The smallest absolute Gasteiger partial charge is 0.265 e. The summed E-state index contributed by atoms with van der Waals surface area (Å²) in [5.74, 6) is 0.0944. The molecule has 4 rings (SSSR count). The lowest BCUT2D eigenvalue weighted by atomic mass is 9.92. The molecule has 1 aromatic heterocycles. The Labute approximate surface area is 150 Å². The first-order valence-electron chi connectivity index (χ1n) is 8.63. The molecule has 1 saturated carbocycles. The number of hydrogen-bond donors (Lipinski definition) is 3. The fraction of sp³-hybridized carbons (Fsp3) is 0.368. The molecule has 0 radical (unpaired) electrons. The average Bonchev–Trinajstić information content (AvgIpc) is 3.06. The Hall–Kier alpha value is -2.18. The van der Waals surface area contributed by atoms with Crippen LogP contribution in [0, 0.1) is 11.3 Å². The van der Waals surface area contributed by atoms with E-state index in [1.54, 1.807) is 12.1 Å². The molecular formula is C19H21N3O2S. The first kappa shape index (κ1) is 16.3. The van der Waals surface area contributed by atoms with Crippen LogP contribution >= 0.6 is 11.3 Å². The maximum Gasteiger partial charge on any atom is 0.265 e. The first-order chi connectivity index (χ1) is 12.2. The van der Waals surface area contributed by atoms with Gasteiger partial charge >= 0.3 is 0 Å². The van der Waals surface area contributed by atoms with Crippen LogP contribution < -0.4 is 16.0 Å². The molecule has 3 N–H and O–H groups in total. The highest BCUT2D eigenvalue weighted by Gasteiger charge is 2.57. The summed E-state index contributed by atoms with van der Waals surface area (Å²) in [6, 6.07) is 11.0. The van der Waals surface area contributed by atoms with Crippen LogP contribution in [-0.2, 0) is 4.79 Å². The maximum atomic E-state index is 12.6. The molecule has 1 saturated heterocycles. The largest absolute Gasteiger partial charge is 0.326 e. The van der Waals surface area contributed by atoms with Crippen molar-refractivity contribution < 1.29 is 9.59 Å². The van der Waals surface area contributed by atoms with Gasteiger partial charge in [0.1, 0.15) is 0 Å². The van der Waals surface area contributed by atoms with Crippen molar-refractivity contribution in [1.29, 1.82) is 0 Å². The van der Waals surface area contributed by atoms with Gasteiger partial charge in [-0.05, 0) is 67.4 Å². The molecule has 2 fully saturated rings. The second-order valence-electron chi connectivity index (χ2n) is 6.87. The van der Waals surface area contributed by atoms with E-state index in [-0.39, 0.29) is 23.1 Å². The minimum atomic E-state index is -0.130. The van der Waals surface area contributed by atoms with Crippen LogP contribution in [0.15, 0.2) is 41.8 Å². The Kier molecular flexibility index (Phi) is 4.31. The van der Waals surface area contributed by atoms with E-state index in [0.29, 0.717) is 10.6 Å². The van der Waals surface area contributed by atoms with Crippen LogP contribution in [0.2, 0.25) is 0 Å². The molecule has 2 heterocycles. The molecule has 2 aromatic rings. The highest BCUT2D eigenvalue weighted by molar-refractivity contribution is 7.12. The molecule has 25 heavy (non-hydrogen) atoms. The summed E-state index contributed by atoms with van der Waals surface area (Å²) in [5, 5.41) is 11.1. The van der Waals surface area contributed by atoms with Crippen molar-refractivity contribution in [2.75, 3.05) is 23.7 Å². The van der Waals surface area contributed by atoms with Gasteiger partial charge < -0.3 is 16.0 Å². The van der Waals surface area contributed by atoms with Crippen molar-refractivity contribution in [3.8, 4) is 0 Å². The van der Waals surface area contributed by atoms with Crippen molar-refractivity contribution in [1.82, 2.24) is 5.32 Å². The molecule has 1 aliphatic heterocycles. The third kappa shape index (κ3) is 3.45. The third-order valence-corrected chi connectivity index (χ3v) is 6.11. The van der Waals surface area contributed by atoms with E-state index in [9.17, 15) is 9.59 Å². The number of thiophene rings is 1. The predicted octanol–water partition coefficient (Wildman–Crippen LogP) is 3.33. The molecular weight excluding hydrogens is 334 g/mol. The second kappa shape index (κ2) is 6.61. The summed E-state index contributed by atoms with van der Waals surface area (Å²) < 4.78 is 0. The minimum absolute atomic E-state index is 0.101. The highest BCUT2D eigenvalue weighted by atomic mass is 32.1. The molecule has 5 nitrogen and oxygen atoms in total. The van der Waals surface area contributed by atoms with E-state index in [0.717, 1.165) is 38.0 Å². The summed E-state index contributed by atoms with van der Waals surface area (Å²) in [6.07, 6.45) is 3.17. The summed E-state index contributed by atoms with van der Waals surface area (Å²) in [7, 11) is 0. The van der Waals surface area contributed by atoms with Crippen molar-refractivity contribution in [3.05, 3.63) is 46.7 Å². The molecule has 1 unspecified atom stereocenters. The molecule has 1 aromatic carbocycles. The molecule has 1 aliphatic carbocycles. The highest BCUT2D eigenvalue weighted by Crippen LogP contribution is 2.58. The zero-order valence-electron chi connectivity index (χ0n) is 13.9. The van der Waals surface area contributed by atoms with Crippen LogP contribution in [0.5, 0.6) is 0 Å². The Balaban J connectivity index is 1.38. The number of anilines is 2. The number of carbonyl (C=O) groups is 2. The number of benzene rings is 1. The third-order valence-electron chi connectivity index (χ3n) is 5.24. The Bertz CT molecular complexity index is 782. The van der Waals surface area contributed by atoms with E-state index in [1.165, 1.54) is 11.3 Å². The van der Waals surface area contributed by atoms with Crippen molar-refractivity contribution in [3.63, 3.8) is 0 Å². The monoisotopic (exact) mass is 355 g/mol.